The zero-order valence-electron chi connectivity index (χ0n) is 11.7. The number of likely N-dealkylation sites (tertiary alicyclic amines) is 1. The Hall–Kier alpha value is -1.24. The molecule has 0 aliphatic carbocycles. The average molecular weight is 292 g/mol. The molecule has 0 bridgehead atoms. The highest BCUT2D eigenvalue weighted by Crippen LogP contribution is 2.15. The third-order valence-electron chi connectivity index (χ3n) is 3.93. The molecule has 2 aromatic rings. The number of hydrogen-bond acceptors (Lipinski definition) is 5. The number of thiophene rings is 1. The van der Waals surface area contributed by atoms with E-state index in [1.54, 1.807) is 0 Å². The number of hydrogen-bond donors (Lipinski definition) is 2. The molecule has 6 heteroatoms. The maximum Gasteiger partial charge on any atom is 0.268 e. The Balaban J connectivity index is 1.56. The molecule has 2 N–H and O–H groups in total. The number of nitrogens with one attached hydrogen (secondary N) is 2. The molecule has 1 fully saturated rings. The summed E-state index contributed by atoms with van der Waals surface area (Å²) in [4.78, 5) is 21.5. The fourth-order valence-corrected chi connectivity index (χ4v) is 3.39. The second-order valence-electron chi connectivity index (χ2n) is 5.53. The highest BCUT2D eigenvalue weighted by molar-refractivity contribution is 7.17. The van der Waals surface area contributed by atoms with Gasteiger partial charge in [0.1, 0.15) is 10.5 Å². The summed E-state index contributed by atoms with van der Waals surface area (Å²) in [6, 6.07) is 1.90. The SMILES string of the molecule is CN1CCC(CNCc2nc3ccsc3c(=O)[nH]2)CC1. The number of nitrogens with zero attached hydrogens (tertiary/aromatic N) is 2. The number of aromatic amines is 1. The van der Waals surface area contributed by atoms with Gasteiger partial charge in [0.15, 0.2) is 0 Å². The lowest BCUT2D eigenvalue weighted by Gasteiger charge is -2.28. The summed E-state index contributed by atoms with van der Waals surface area (Å²) in [5, 5.41) is 5.33. The van der Waals surface area contributed by atoms with E-state index in [-0.39, 0.29) is 5.56 Å². The van der Waals surface area contributed by atoms with Crippen LogP contribution in [0, 0.1) is 5.92 Å². The van der Waals surface area contributed by atoms with Gasteiger partial charge in [-0.05, 0) is 56.9 Å². The van der Waals surface area contributed by atoms with Crippen LogP contribution in [0.5, 0.6) is 0 Å². The molecule has 1 aliphatic heterocycles. The lowest BCUT2D eigenvalue weighted by Crippen LogP contribution is -2.35. The minimum absolute atomic E-state index is 0.0268. The summed E-state index contributed by atoms with van der Waals surface area (Å²) in [6.45, 7) is 4.00. The van der Waals surface area contributed by atoms with E-state index >= 15 is 0 Å². The Morgan fingerprint density at radius 1 is 1.50 bits per heavy atom. The summed E-state index contributed by atoms with van der Waals surface area (Å²) in [5.74, 6) is 1.47. The van der Waals surface area contributed by atoms with Crippen molar-refractivity contribution < 1.29 is 0 Å². The quantitative estimate of drug-likeness (QED) is 0.894. The normalized spacial score (nSPS) is 17.9. The highest BCUT2D eigenvalue weighted by Gasteiger charge is 2.16. The topological polar surface area (TPSA) is 61.0 Å². The minimum atomic E-state index is -0.0268. The van der Waals surface area contributed by atoms with Gasteiger partial charge in [-0.2, -0.15) is 0 Å². The van der Waals surface area contributed by atoms with Crippen LogP contribution in [0.25, 0.3) is 10.2 Å². The van der Waals surface area contributed by atoms with Gasteiger partial charge in [-0.3, -0.25) is 4.79 Å². The molecule has 1 aliphatic rings. The van der Waals surface area contributed by atoms with Crippen molar-refractivity contribution >= 4 is 21.6 Å². The summed E-state index contributed by atoms with van der Waals surface area (Å²) in [6.07, 6.45) is 2.49. The summed E-state index contributed by atoms with van der Waals surface area (Å²) in [5.41, 5.74) is 0.774. The summed E-state index contributed by atoms with van der Waals surface area (Å²) < 4.78 is 0.712. The van der Waals surface area contributed by atoms with E-state index in [1.165, 1.54) is 37.3 Å². The van der Waals surface area contributed by atoms with Gasteiger partial charge in [-0.25, -0.2) is 4.98 Å². The smallest absolute Gasteiger partial charge is 0.268 e. The Labute approximate surface area is 122 Å². The molecule has 1 saturated heterocycles. The first-order chi connectivity index (χ1) is 9.72. The number of piperidine rings is 1. The van der Waals surface area contributed by atoms with E-state index in [1.807, 2.05) is 11.4 Å². The van der Waals surface area contributed by atoms with Gasteiger partial charge in [0.25, 0.3) is 5.56 Å². The van der Waals surface area contributed by atoms with Crippen LogP contribution in [0.15, 0.2) is 16.2 Å². The summed E-state index contributed by atoms with van der Waals surface area (Å²) in [7, 11) is 2.17. The fourth-order valence-electron chi connectivity index (χ4n) is 2.67. The van der Waals surface area contributed by atoms with E-state index < -0.39 is 0 Å². The monoisotopic (exact) mass is 292 g/mol. The molecule has 0 saturated carbocycles. The van der Waals surface area contributed by atoms with Crippen LogP contribution in [-0.2, 0) is 6.54 Å². The molecule has 3 rings (SSSR count). The summed E-state index contributed by atoms with van der Waals surface area (Å²) >= 11 is 1.44. The molecule has 5 nitrogen and oxygen atoms in total. The third kappa shape index (κ3) is 3.08. The van der Waals surface area contributed by atoms with Crippen LogP contribution in [0.1, 0.15) is 18.7 Å². The second kappa shape index (κ2) is 6.03. The zero-order valence-corrected chi connectivity index (χ0v) is 12.5. The largest absolute Gasteiger partial charge is 0.310 e. The van der Waals surface area contributed by atoms with Crippen molar-refractivity contribution in [2.24, 2.45) is 5.92 Å². The predicted molar refractivity (Wildman–Crippen MR) is 82.2 cm³/mol. The van der Waals surface area contributed by atoms with E-state index in [0.29, 0.717) is 11.2 Å². The average Bonchev–Trinajstić information content (AvgIpc) is 2.90. The van der Waals surface area contributed by atoms with Crippen LogP contribution < -0.4 is 10.9 Å². The van der Waals surface area contributed by atoms with E-state index in [9.17, 15) is 4.79 Å². The maximum atomic E-state index is 11.8. The first-order valence-electron chi connectivity index (χ1n) is 7.08. The molecule has 0 spiro atoms. The van der Waals surface area contributed by atoms with Crippen molar-refractivity contribution in [2.45, 2.75) is 19.4 Å². The minimum Gasteiger partial charge on any atom is -0.310 e. The fraction of sp³-hybridized carbons (Fsp3) is 0.571. The lowest BCUT2D eigenvalue weighted by atomic mass is 9.97. The van der Waals surface area contributed by atoms with Crippen LogP contribution in [0.4, 0.5) is 0 Å². The Bertz CT molecular complexity index is 627. The number of fused-ring (bicyclic) bond motifs is 1. The number of aromatic nitrogens is 2. The molecule has 2 aromatic heterocycles. The molecular formula is C14H20N4OS. The molecule has 0 unspecified atom stereocenters. The molecule has 0 amide bonds. The van der Waals surface area contributed by atoms with Gasteiger partial charge >= 0.3 is 0 Å². The van der Waals surface area contributed by atoms with Gasteiger partial charge in [-0.15, -0.1) is 11.3 Å². The second-order valence-corrected chi connectivity index (χ2v) is 6.44. The highest BCUT2D eigenvalue weighted by atomic mass is 32.1. The Morgan fingerprint density at radius 2 is 2.30 bits per heavy atom. The molecule has 0 atom stereocenters. The maximum absolute atomic E-state index is 11.8. The van der Waals surface area contributed by atoms with Crippen LogP contribution in [0.3, 0.4) is 0 Å². The van der Waals surface area contributed by atoms with Crippen molar-refractivity contribution in [1.82, 2.24) is 20.2 Å². The Morgan fingerprint density at radius 3 is 3.10 bits per heavy atom. The van der Waals surface area contributed by atoms with Gasteiger partial charge < -0.3 is 15.2 Å². The molecule has 20 heavy (non-hydrogen) atoms. The molecular weight excluding hydrogens is 272 g/mol. The molecule has 3 heterocycles. The van der Waals surface area contributed by atoms with E-state index in [0.717, 1.165) is 23.8 Å². The van der Waals surface area contributed by atoms with Gasteiger partial charge in [0.2, 0.25) is 0 Å². The molecule has 108 valence electrons. The standard InChI is InChI=1S/C14H20N4OS/c1-18-5-2-10(3-6-18)8-15-9-12-16-11-4-7-20-13(11)14(19)17-12/h4,7,10,15H,2-3,5-6,8-9H2,1H3,(H,16,17,19). The zero-order chi connectivity index (χ0) is 13.9. The van der Waals surface area contributed by atoms with Crippen LogP contribution >= 0.6 is 11.3 Å². The van der Waals surface area contributed by atoms with Crippen LogP contribution in [-0.4, -0.2) is 41.5 Å². The van der Waals surface area contributed by atoms with Crippen molar-refractivity contribution in [3.05, 3.63) is 27.6 Å². The third-order valence-corrected chi connectivity index (χ3v) is 4.83. The van der Waals surface area contributed by atoms with E-state index in [4.69, 9.17) is 0 Å². The van der Waals surface area contributed by atoms with E-state index in [2.05, 4.69) is 27.2 Å². The number of H-pyrrole nitrogens is 1. The van der Waals surface area contributed by atoms with Crippen molar-refractivity contribution in [3.63, 3.8) is 0 Å². The van der Waals surface area contributed by atoms with Gasteiger partial charge in [0.05, 0.1) is 12.1 Å². The van der Waals surface area contributed by atoms with Gasteiger partial charge in [0, 0.05) is 0 Å². The predicted octanol–water partition coefficient (Wildman–Crippen LogP) is 1.42. The first-order valence-corrected chi connectivity index (χ1v) is 7.96. The van der Waals surface area contributed by atoms with Gasteiger partial charge in [-0.1, -0.05) is 0 Å². The molecule has 0 radical (unpaired) electrons. The lowest BCUT2D eigenvalue weighted by molar-refractivity contribution is 0.215. The Kier molecular flexibility index (Phi) is 4.14. The molecule has 0 aromatic carbocycles. The van der Waals surface area contributed by atoms with Crippen molar-refractivity contribution in [2.75, 3.05) is 26.7 Å². The van der Waals surface area contributed by atoms with Crippen molar-refractivity contribution in [1.29, 1.82) is 0 Å². The van der Waals surface area contributed by atoms with Crippen molar-refractivity contribution in [3.8, 4) is 0 Å². The number of rotatable bonds is 4. The first kappa shape index (κ1) is 13.7. The van der Waals surface area contributed by atoms with Crippen LogP contribution in [0.2, 0.25) is 0 Å².